The minimum Gasteiger partial charge on any atom is -0.466 e. The second kappa shape index (κ2) is 5.17. The first-order valence-corrected chi connectivity index (χ1v) is 5.73. The molecule has 0 aliphatic heterocycles. The Balaban J connectivity index is 3.38. The van der Waals surface area contributed by atoms with Crippen molar-refractivity contribution in [1.29, 1.82) is 0 Å². The van der Waals surface area contributed by atoms with E-state index in [1.165, 1.54) is 7.11 Å². The number of carbonyl (C=O) groups excluding carboxylic acids is 1. The van der Waals surface area contributed by atoms with E-state index in [0.29, 0.717) is 5.57 Å². The SMILES string of the molecule is COC(=O)C(C)=C(c1ccccc1)C(C)(C)C. The highest BCUT2D eigenvalue weighted by Gasteiger charge is 2.24. The van der Waals surface area contributed by atoms with Crippen molar-refractivity contribution in [3.63, 3.8) is 0 Å². The Morgan fingerprint density at radius 3 is 2.06 bits per heavy atom. The van der Waals surface area contributed by atoms with E-state index >= 15 is 0 Å². The van der Waals surface area contributed by atoms with Gasteiger partial charge in [-0.25, -0.2) is 4.79 Å². The lowest BCUT2D eigenvalue weighted by Gasteiger charge is -2.25. The van der Waals surface area contributed by atoms with Crippen LogP contribution < -0.4 is 0 Å². The van der Waals surface area contributed by atoms with Crippen molar-refractivity contribution in [2.45, 2.75) is 27.7 Å². The first kappa shape index (κ1) is 13.5. The first-order valence-electron chi connectivity index (χ1n) is 5.73. The molecule has 1 rings (SSSR count). The van der Waals surface area contributed by atoms with Gasteiger partial charge in [0, 0.05) is 5.57 Å². The highest BCUT2D eigenvalue weighted by molar-refractivity contribution is 5.98. The topological polar surface area (TPSA) is 26.3 Å². The van der Waals surface area contributed by atoms with Gasteiger partial charge >= 0.3 is 5.97 Å². The Bertz CT molecular complexity index is 422. The molecule has 0 aliphatic carbocycles. The standard InChI is InChI=1S/C15H20O2/c1-11(14(16)17-5)13(15(2,3)4)12-9-7-6-8-10-12/h6-10H,1-5H3. The van der Waals surface area contributed by atoms with Crippen LogP contribution in [0.1, 0.15) is 33.3 Å². The third kappa shape index (κ3) is 3.19. The summed E-state index contributed by atoms with van der Waals surface area (Å²) in [7, 11) is 1.41. The molecule has 0 unspecified atom stereocenters. The monoisotopic (exact) mass is 232 g/mol. The van der Waals surface area contributed by atoms with E-state index in [-0.39, 0.29) is 11.4 Å². The summed E-state index contributed by atoms with van der Waals surface area (Å²) < 4.78 is 4.81. The van der Waals surface area contributed by atoms with Gasteiger partial charge in [-0.2, -0.15) is 0 Å². The van der Waals surface area contributed by atoms with E-state index < -0.39 is 0 Å². The van der Waals surface area contributed by atoms with Crippen LogP contribution in [0.3, 0.4) is 0 Å². The average Bonchev–Trinajstić information content (AvgIpc) is 2.27. The molecule has 0 N–H and O–H groups in total. The van der Waals surface area contributed by atoms with Crippen molar-refractivity contribution in [1.82, 2.24) is 0 Å². The van der Waals surface area contributed by atoms with E-state index in [9.17, 15) is 4.79 Å². The Morgan fingerprint density at radius 2 is 1.65 bits per heavy atom. The molecule has 1 aromatic rings. The fourth-order valence-corrected chi connectivity index (χ4v) is 2.07. The second-order valence-corrected chi connectivity index (χ2v) is 5.11. The van der Waals surface area contributed by atoms with Gasteiger partial charge in [-0.3, -0.25) is 0 Å². The van der Waals surface area contributed by atoms with Crippen molar-refractivity contribution in [2.24, 2.45) is 5.41 Å². The van der Waals surface area contributed by atoms with E-state index in [1.54, 1.807) is 0 Å². The Labute approximate surface area is 103 Å². The van der Waals surface area contributed by atoms with Gasteiger partial charge in [0.2, 0.25) is 0 Å². The maximum Gasteiger partial charge on any atom is 0.333 e. The van der Waals surface area contributed by atoms with Crippen LogP contribution in [-0.4, -0.2) is 13.1 Å². The molecule has 2 heteroatoms. The van der Waals surface area contributed by atoms with E-state index in [1.807, 2.05) is 37.3 Å². The van der Waals surface area contributed by atoms with Crippen LogP contribution >= 0.6 is 0 Å². The summed E-state index contributed by atoms with van der Waals surface area (Å²) in [6.07, 6.45) is 0. The van der Waals surface area contributed by atoms with Crippen LogP contribution in [0.4, 0.5) is 0 Å². The molecule has 0 aromatic heterocycles. The minimum absolute atomic E-state index is 0.0976. The van der Waals surface area contributed by atoms with Gasteiger partial charge in [0.25, 0.3) is 0 Å². The minimum atomic E-state index is -0.265. The van der Waals surface area contributed by atoms with Gasteiger partial charge in [-0.1, -0.05) is 51.1 Å². The molecule has 1 aromatic carbocycles. The van der Waals surface area contributed by atoms with Crippen molar-refractivity contribution < 1.29 is 9.53 Å². The summed E-state index contributed by atoms with van der Waals surface area (Å²) in [6.45, 7) is 8.12. The molecule has 0 bridgehead atoms. The van der Waals surface area contributed by atoms with Gasteiger partial charge in [0.1, 0.15) is 0 Å². The summed E-state index contributed by atoms with van der Waals surface area (Å²) >= 11 is 0. The van der Waals surface area contributed by atoms with E-state index in [0.717, 1.165) is 11.1 Å². The second-order valence-electron chi connectivity index (χ2n) is 5.11. The van der Waals surface area contributed by atoms with Crippen LogP contribution in [-0.2, 0) is 9.53 Å². The first-order chi connectivity index (χ1) is 7.88. The van der Waals surface area contributed by atoms with Gasteiger partial charge in [0.05, 0.1) is 7.11 Å². The fourth-order valence-electron chi connectivity index (χ4n) is 2.07. The van der Waals surface area contributed by atoms with E-state index in [2.05, 4.69) is 20.8 Å². The third-order valence-electron chi connectivity index (χ3n) is 2.68. The lowest BCUT2D eigenvalue weighted by molar-refractivity contribution is -0.136. The number of benzene rings is 1. The predicted octanol–water partition coefficient (Wildman–Crippen LogP) is 3.68. The fraction of sp³-hybridized carbons (Fsp3) is 0.400. The number of rotatable bonds is 2. The number of ether oxygens (including phenoxy) is 1. The smallest absolute Gasteiger partial charge is 0.333 e. The summed E-state index contributed by atoms with van der Waals surface area (Å²) in [6, 6.07) is 9.97. The number of hydrogen-bond donors (Lipinski definition) is 0. The highest BCUT2D eigenvalue weighted by atomic mass is 16.5. The molecule has 0 atom stereocenters. The lowest BCUT2D eigenvalue weighted by atomic mass is 9.79. The maximum absolute atomic E-state index is 11.7. The van der Waals surface area contributed by atoms with Crippen LogP contribution in [0.25, 0.3) is 5.57 Å². The van der Waals surface area contributed by atoms with Crippen LogP contribution in [0.2, 0.25) is 0 Å². The Hall–Kier alpha value is -1.57. The zero-order valence-corrected chi connectivity index (χ0v) is 11.2. The molecule has 2 nitrogen and oxygen atoms in total. The lowest BCUT2D eigenvalue weighted by Crippen LogP contribution is -2.15. The van der Waals surface area contributed by atoms with Gasteiger partial charge in [-0.05, 0) is 23.5 Å². The summed E-state index contributed by atoms with van der Waals surface area (Å²) in [4.78, 5) is 11.7. The molecule has 17 heavy (non-hydrogen) atoms. The zero-order chi connectivity index (χ0) is 13.1. The Kier molecular flexibility index (Phi) is 4.11. The molecular formula is C15H20O2. The quantitative estimate of drug-likeness (QED) is 0.574. The van der Waals surface area contributed by atoms with Crippen LogP contribution in [0.5, 0.6) is 0 Å². The van der Waals surface area contributed by atoms with Crippen molar-refractivity contribution >= 4 is 11.5 Å². The van der Waals surface area contributed by atoms with Crippen molar-refractivity contribution in [3.8, 4) is 0 Å². The number of methoxy groups -OCH3 is 1. The van der Waals surface area contributed by atoms with Gasteiger partial charge < -0.3 is 4.74 Å². The van der Waals surface area contributed by atoms with Crippen LogP contribution in [0, 0.1) is 5.41 Å². The molecule has 92 valence electrons. The maximum atomic E-state index is 11.7. The summed E-state index contributed by atoms with van der Waals surface area (Å²) in [5, 5.41) is 0. The molecule has 0 radical (unpaired) electrons. The van der Waals surface area contributed by atoms with Crippen LogP contribution in [0.15, 0.2) is 35.9 Å². The highest BCUT2D eigenvalue weighted by Crippen LogP contribution is 2.36. The normalized spacial score (nSPS) is 13.0. The Morgan fingerprint density at radius 1 is 1.12 bits per heavy atom. The van der Waals surface area contributed by atoms with Crippen molar-refractivity contribution in [2.75, 3.05) is 7.11 Å². The molecule has 0 spiro atoms. The predicted molar refractivity (Wildman–Crippen MR) is 70.5 cm³/mol. The number of carbonyl (C=O) groups is 1. The van der Waals surface area contributed by atoms with Gasteiger partial charge in [-0.15, -0.1) is 0 Å². The van der Waals surface area contributed by atoms with Gasteiger partial charge in [0.15, 0.2) is 0 Å². The molecule has 0 saturated heterocycles. The number of allylic oxidation sites excluding steroid dienone is 1. The molecule has 0 heterocycles. The third-order valence-corrected chi connectivity index (χ3v) is 2.68. The van der Waals surface area contributed by atoms with Crippen molar-refractivity contribution in [3.05, 3.63) is 41.5 Å². The molecule has 0 fully saturated rings. The largest absolute Gasteiger partial charge is 0.466 e. The molecule has 0 amide bonds. The summed E-state index contributed by atoms with van der Waals surface area (Å²) in [5.74, 6) is -0.265. The molecule has 0 saturated carbocycles. The number of hydrogen-bond acceptors (Lipinski definition) is 2. The summed E-state index contributed by atoms with van der Waals surface area (Å²) in [5.41, 5.74) is 2.68. The van der Waals surface area contributed by atoms with E-state index in [4.69, 9.17) is 4.74 Å². The number of esters is 1. The molecule has 0 aliphatic rings. The average molecular weight is 232 g/mol. The zero-order valence-electron chi connectivity index (χ0n) is 11.2. The molecular weight excluding hydrogens is 212 g/mol.